The summed E-state index contributed by atoms with van der Waals surface area (Å²) < 4.78 is 1.01. The van der Waals surface area contributed by atoms with Crippen molar-refractivity contribution in [3.05, 3.63) is 27.7 Å². The summed E-state index contributed by atoms with van der Waals surface area (Å²) in [6.45, 7) is 3.08. The summed E-state index contributed by atoms with van der Waals surface area (Å²) in [5.41, 5.74) is 0.902. The molecule has 0 aliphatic carbocycles. The Bertz CT molecular complexity index is 422. The van der Waals surface area contributed by atoms with Gasteiger partial charge in [-0.2, -0.15) is 0 Å². The van der Waals surface area contributed by atoms with Crippen LogP contribution in [-0.4, -0.2) is 17.0 Å². The quantitative estimate of drug-likeness (QED) is 0.874. The molecular formula is C11H12BrClN2S. The summed E-state index contributed by atoms with van der Waals surface area (Å²) in [7, 11) is 0. The maximum Gasteiger partial charge on any atom is 0.161 e. The van der Waals surface area contributed by atoms with Crippen molar-refractivity contribution in [2.45, 2.75) is 18.6 Å². The maximum absolute atomic E-state index is 6.10. The van der Waals surface area contributed by atoms with Gasteiger partial charge in [0.15, 0.2) is 5.17 Å². The number of amidine groups is 1. The number of hydrogen-bond acceptors (Lipinski definition) is 3. The second-order valence-electron chi connectivity index (χ2n) is 3.54. The van der Waals surface area contributed by atoms with Gasteiger partial charge in [-0.15, -0.1) is 0 Å². The molecule has 0 radical (unpaired) electrons. The first kappa shape index (κ1) is 12.3. The lowest BCUT2D eigenvalue weighted by Gasteiger charge is -2.09. The van der Waals surface area contributed by atoms with Crippen LogP contribution in [0.2, 0.25) is 5.02 Å². The Morgan fingerprint density at radius 1 is 1.62 bits per heavy atom. The summed E-state index contributed by atoms with van der Waals surface area (Å²) in [4.78, 5) is 4.45. The van der Waals surface area contributed by atoms with Crippen LogP contribution in [0.15, 0.2) is 27.7 Å². The first-order chi connectivity index (χ1) is 7.69. The maximum atomic E-state index is 6.10. The molecule has 1 unspecified atom stereocenters. The third-order valence-electron chi connectivity index (χ3n) is 2.34. The Hall–Kier alpha value is -0.190. The molecule has 0 amide bonds. The number of anilines is 1. The lowest BCUT2D eigenvalue weighted by molar-refractivity contribution is 0.843. The minimum absolute atomic E-state index is 0.605. The van der Waals surface area contributed by atoms with Crippen LogP contribution in [0.4, 0.5) is 5.69 Å². The molecular weight excluding hydrogens is 308 g/mol. The summed E-state index contributed by atoms with van der Waals surface area (Å²) in [6, 6.07) is 5.75. The number of nitrogens with one attached hydrogen (secondary N) is 1. The fourth-order valence-electron chi connectivity index (χ4n) is 1.41. The van der Waals surface area contributed by atoms with Crippen molar-refractivity contribution in [2.24, 2.45) is 4.99 Å². The minimum atomic E-state index is 0.605. The molecule has 0 saturated carbocycles. The largest absolute Gasteiger partial charge is 0.334 e. The van der Waals surface area contributed by atoms with Crippen molar-refractivity contribution < 1.29 is 0 Å². The summed E-state index contributed by atoms with van der Waals surface area (Å²) in [5.74, 6) is 0. The molecule has 1 aliphatic rings. The molecule has 5 heteroatoms. The van der Waals surface area contributed by atoms with Gasteiger partial charge in [-0.25, -0.2) is 0 Å². The van der Waals surface area contributed by atoms with E-state index >= 15 is 0 Å². The van der Waals surface area contributed by atoms with E-state index in [-0.39, 0.29) is 0 Å². The molecule has 2 nitrogen and oxygen atoms in total. The third-order valence-corrected chi connectivity index (χ3v) is 4.44. The van der Waals surface area contributed by atoms with Gasteiger partial charge in [0, 0.05) is 9.72 Å². The van der Waals surface area contributed by atoms with Gasteiger partial charge in [0.1, 0.15) is 0 Å². The van der Waals surface area contributed by atoms with Crippen molar-refractivity contribution in [2.75, 3.05) is 11.9 Å². The van der Waals surface area contributed by atoms with Gasteiger partial charge in [0.05, 0.1) is 17.3 Å². The van der Waals surface area contributed by atoms with Crippen LogP contribution in [-0.2, 0) is 0 Å². The Labute approximate surface area is 113 Å². The highest BCUT2D eigenvalue weighted by Crippen LogP contribution is 2.29. The van der Waals surface area contributed by atoms with Gasteiger partial charge in [0.25, 0.3) is 0 Å². The Balaban J connectivity index is 2.07. The fraction of sp³-hybridized carbons (Fsp3) is 0.364. The van der Waals surface area contributed by atoms with Gasteiger partial charge in [0.2, 0.25) is 0 Å². The first-order valence-corrected chi connectivity index (χ1v) is 7.17. The molecule has 1 aromatic rings. The molecule has 0 saturated heterocycles. The zero-order valence-corrected chi connectivity index (χ0v) is 12.0. The van der Waals surface area contributed by atoms with E-state index < -0.39 is 0 Å². The molecule has 1 N–H and O–H groups in total. The Kier molecular flexibility index (Phi) is 4.16. The normalized spacial score (nSPS) is 19.7. The lowest BCUT2D eigenvalue weighted by Crippen LogP contribution is -2.07. The highest BCUT2D eigenvalue weighted by Gasteiger charge is 2.18. The van der Waals surface area contributed by atoms with E-state index in [1.54, 1.807) is 11.8 Å². The van der Waals surface area contributed by atoms with E-state index in [0.717, 1.165) is 28.3 Å². The number of benzene rings is 1. The molecule has 1 atom stereocenters. The van der Waals surface area contributed by atoms with E-state index in [2.05, 4.69) is 33.2 Å². The molecule has 0 bridgehead atoms. The summed E-state index contributed by atoms with van der Waals surface area (Å²) >= 11 is 11.3. The van der Waals surface area contributed by atoms with Crippen molar-refractivity contribution in [3.8, 4) is 0 Å². The van der Waals surface area contributed by atoms with Gasteiger partial charge < -0.3 is 5.32 Å². The molecule has 0 spiro atoms. The number of aliphatic imine (C=N–C) groups is 1. The zero-order valence-electron chi connectivity index (χ0n) is 8.84. The minimum Gasteiger partial charge on any atom is -0.334 e. The predicted octanol–water partition coefficient (Wildman–Crippen LogP) is 4.40. The number of rotatable bonds is 2. The van der Waals surface area contributed by atoms with Crippen LogP contribution in [0.25, 0.3) is 0 Å². The molecule has 1 aliphatic heterocycles. The number of halogens is 2. The van der Waals surface area contributed by atoms with Crippen LogP contribution in [0, 0.1) is 0 Å². The monoisotopic (exact) mass is 318 g/mol. The predicted molar refractivity (Wildman–Crippen MR) is 76.7 cm³/mol. The van der Waals surface area contributed by atoms with Crippen LogP contribution in [0.3, 0.4) is 0 Å². The molecule has 0 fully saturated rings. The van der Waals surface area contributed by atoms with Crippen molar-refractivity contribution >= 4 is 50.1 Å². The Morgan fingerprint density at radius 3 is 3.12 bits per heavy atom. The van der Waals surface area contributed by atoms with Crippen LogP contribution in [0.5, 0.6) is 0 Å². The van der Waals surface area contributed by atoms with Crippen molar-refractivity contribution in [1.82, 2.24) is 0 Å². The smallest absolute Gasteiger partial charge is 0.161 e. The molecule has 1 heterocycles. The van der Waals surface area contributed by atoms with E-state index in [4.69, 9.17) is 11.6 Å². The lowest BCUT2D eigenvalue weighted by atomic mass is 10.3. The van der Waals surface area contributed by atoms with E-state index in [1.165, 1.54) is 0 Å². The highest BCUT2D eigenvalue weighted by atomic mass is 79.9. The second-order valence-corrected chi connectivity index (χ2v) is 6.16. The average molecular weight is 320 g/mol. The van der Waals surface area contributed by atoms with Crippen LogP contribution >= 0.6 is 39.3 Å². The van der Waals surface area contributed by atoms with Crippen LogP contribution < -0.4 is 5.32 Å². The number of thioether (sulfide) groups is 1. The molecule has 1 aromatic carbocycles. The molecule has 0 aromatic heterocycles. The zero-order chi connectivity index (χ0) is 11.5. The van der Waals surface area contributed by atoms with Gasteiger partial charge in [-0.05, 0) is 24.6 Å². The van der Waals surface area contributed by atoms with Crippen molar-refractivity contribution in [3.63, 3.8) is 0 Å². The Morgan fingerprint density at radius 2 is 2.44 bits per heavy atom. The average Bonchev–Trinajstić information content (AvgIpc) is 2.71. The number of hydrogen-bond donors (Lipinski definition) is 1. The van der Waals surface area contributed by atoms with Gasteiger partial charge >= 0.3 is 0 Å². The second kappa shape index (κ2) is 5.43. The highest BCUT2D eigenvalue weighted by molar-refractivity contribution is 9.10. The third kappa shape index (κ3) is 2.93. The van der Waals surface area contributed by atoms with E-state index in [0.29, 0.717) is 10.3 Å². The molecule has 86 valence electrons. The summed E-state index contributed by atoms with van der Waals surface area (Å²) in [6.07, 6.45) is 1.14. The SMILES string of the molecule is CCC1CN=C(Nc2cc(Br)ccc2Cl)S1. The topological polar surface area (TPSA) is 24.4 Å². The van der Waals surface area contributed by atoms with E-state index in [9.17, 15) is 0 Å². The molecule has 2 rings (SSSR count). The summed E-state index contributed by atoms with van der Waals surface area (Å²) in [5, 5.41) is 5.55. The standard InChI is InChI=1S/C11H12BrClN2S/c1-2-8-6-14-11(16-8)15-10-5-7(12)3-4-9(10)13/h3-5,8H,2,6H2,1H3,(H,14,15). The first-order valence-electron chi connectivity index (χ1n) is 5.12. The van der Waals surface area contributed by atoms with Crippen LogP contribution in [0.1, 0.15) is 13.3 Å². The molecule has 16 heavy (non-hydrogen) atoms. The van der Waals surface area contributed by atoms with Crippen molar-refractivity contribution in [1.29, 1.82) is 0 Å². The number of nitrogens with zero attached hydrogens (tertiary/aromatic N) is 1. The van der Waals surface area contributed by atoms with Gasteiger partial charge in [-0.3, -0.25) is 4.99 Å². The van der Waals surface area contributed by atoms with Gasteiger partial charge in [-0.1, -0.05) is 46.2 Å². The van der Waals surface area contributed by atoms with E-state index in [1.807, 2.05) is 18.2 Å². The fourth-order valence-corrected chi connectivity index (χ4v) is 2.88.